The molecular formula is C26H21ClF3N7O. The van der Waals surface area contributed by atoms with Crippen LogP contribution in [0.3, 0.4) is 0 Å². The van der Waals surface area contributed by atoms with Crippen molar-refractivity contribution in [1.82, 2.24) is 24.3 Å². The molecule has 3 aromatic heterocycles. The van der Waals surface area contributed by atoms with Gasteiger partial charge in [0.1, 0.15) is 22.9 Å². The van der Waals surface area contributed by atoms with E-state index in [1.165, 1.54) is 4.57 Å². The molecule has 0 spiro atoms. The third-order valence-electron chi connectivity index (χ3n) is 6.03. The molecule has 0 aliphatic heterocycles. The van der Waals surface area contributed by atoms with Crippen LogP contribution in [-0.2, 0) is 13.2 Å². The highest BCUT2D eigenvalue weighted by atomic mass is 35.5. The summed E-state index contributed by atoms with van der Waals surface area (Å²) in [7, 11) is 1.80. The summed E-state index contributed by atoms with van der Waals surface area (Å²) < 4.78 is 43.6. The lowest BCUT2D eigenvalue weighted by atomic mass is 10.00. The van der Waals surface area contributed by atoms with Gasteiger partial charge in [0.25, 0.3) is 5.56 Å². The number of nitrogens with one attached hydrogen (secondary N) is 1. The average Bonchev–Trinajstić information content (AvgIpc) is 3.29. The van der Waals surface area contributed by atoms with Crippen molar-refractivity contribution in [2.45, 2.75) is 19.1 Å². The molecule has 0 radical (unpaired) electrons. The van der Waals surface area contributed by atoms with Crippen LogP contribution in [0.1, 0.15) is 24.2 Å². The summed E-state index contributed by atoms with van der Waals surface area (Å²) in [6.07, 6.45) is -0.297. The summed E-state index contributed by atoms with van der Waals surface area (Å²) in [4.78, 5) is 21.1. The topological polar surface area (TPSA) is 104 Å². The van der Waals surface area contributed by atoms with Crippen LogP contribution in [0.25, 0.3) is 27.6 Å². The Morgan fingerprint density at radius 1 is 1.11 bits per heavy atom. The Balaban J connectivity index is 1.62. The summed E-state index contributed by atoms with van der Waals surface area (Å²) in [6, 6.07) is 13.3. The standard InChI is InChI=1S/C26H21ClF3N7O/c1-14(31)20-10-15-4-3-5-19(16-11-34-36(2)12-16)21(15)25(38)37(20)18-8-6-17(7-9-18)35-24-22(26(28,29)30)23(27)32-13-33-24/h3-14H,31H2,1-2H3,(H,32,33,35)/t14-/m0/s1. The molecule has 1 atom stereocenters. The Kier molecular flexibility index (Phi) is 6.41. The number of aryl methyl sites for hydroxylation is 1. The summed E-state index contributed by atoms with van der Waals surface area (Å²) in [5.41, 5.74) is 7.69. The van der Waals surface area contributed by atoms with Crippen LogP contribution in [-0.4, -0.2) is 24.3 Å². The molecule has 0 aliphatic rings. The Morgan fingerprint density at radius 3 is 2.47 bits per heavy atom. The Labute approximate surface area is 219 Å². The predicted molar refractivity (Wildman–Crippen MR) is 140 cm³/mol. The number of rotatable bonds is 5. The fraction of sp³-hybridized carbons (Fsp3) is 0.154. The van der Waals surface area contributed by atoms with Crippen LogP contribution in [0, 0.1) is 0 Å². The van der Waals surface area contributed by atoms with E-state index in [9.17, 15) is 18.0 Å². The van der Waals surface area contributed by atoms with Gasteiger partial charge in [-0.25, -0.2) is 9.97 Å². The summed E-state index contributed by atoms with van der Waals surface area (Å²) in [5.74, 6) is -0.481. The summed E-state index contributed by atoms with van der Waals surface area (Å²) >= 11 is 5.69. The number of hydrogen-bond donors (Lipinski definition) is 2. The van der Waals surface area contributed by atoms with Crippen molar-refractivity contribution in [2.75, 3.05) is 5.32 Å². The average molecular weight is 540 g/mol. The zero-order valence-electron chi connectivity index (χ0n) is 20.2. The molecule has 0 fully saturated rings. The fourth-order valence-corrected chi connectivity index (χ4v) is 4.57. The highest BCUT2D eigenvalue weighted by Crippen LogP contribution is 2.38. The zero-order chi connectivity index (χ0) is 27.2. The molecule has 8 nitrogen and oxygen atoms in total. The van der Waals surface area contributed by atoms with Crippen molar-refractivity contribution in [3.8, 4) is 16.8 Å². The number of nitrogens with zero attached hydrogens (tertiary/aromatic N) is 5. The number of anilines is 2. The number of hydrogen-bond acceptors (Lipinski definition) is 6. The van der Waals surface area contributed by atoms with E-state index in [1.807, 2.05) is 30.5 Å². The smallest absolute Gasteiger partial charge is 0.340 e. The predicted octanol–water partition coefficient (Wildman–Crippen LogP) is 5.62. The third kappa shape index (κ3) is 4.61. The minimum Gasteiger partial charge on any atom is -0.340 e. The molecule has 0 bridgehead atoms. The van der Waals surface area contributed by atoms with E-state index < -0.39 is 28.8 Å². The summed E-state index contributed by atoms with van der Waals surface area (Å²) in [6.45, 7) is 1.77. The zero-order valence-corrected chi connectivity index (χ0v) is 20.9. The maximum absolute atomic E-state index is 13.9. The van der Waals surface area contributed by atoms with Gasteiger partial charge >= 0.3 is 6.18 Å². The number of aromatic nitrogens is 5. The normalized spacial score (nSPS) is 12.6. The van der Waals surface area contributed by atoms with Crippen molar-refractivity contribution in [3.05, 3.63) is 94.0 Å². The first-order valence-electron chi connectivity index (χ1n) is 11.4. The van der Waals surface area contributed by atoms with Gasteiger partial charge in [0, 0.05) is 41.9 Å². The Hall–Kier alpha value is -4.22. The van der Waals surface area contributed by atoms with E-state index in [0.29, 0.717) is 22.5 Å². The third-order valence-corrected chi connectivity index (χ3v) is 6.32. The molecule has 5 aromatic rings. The second kappa shape index (κ2) is 9.58. The molecule has 5 rings (SSSR count). The van der Waals surface area contributed by atoms with Gasteiger partial charge < -0.3 is 11.1 Å². The lowest BCUT2D eigenvalue weighted by Gasteiger charge is -2.19. The largest absolute Gasteiger partial charge is 0.422 e. The van der Waals surface area contributed by atoms with Crippen molar-refractivity contribution in [3.63, 3.8) is 0 Å². The first-order chi connectivity index (χ1) is 18.0. The van der Waals surface area contributed by atoms with Gasteiger partial charge in [-0.2, -0.15) is 18.3 Å². The Bertz CT molecular complexity index is 1710. The monoisotopic (exact) mass is 539 g/mol. The van der Waals surface area contributed by atoms with E-state index >= 15 is 0 Å². The van der Waals surface area contributed by atoms with Gasteiger partial charge in [0.2, 0.25) is 0 Å². The van der Waals surface area contributed by atoms with Crippen molar-refractivity contribution < 1.29 is 13.2 Å². The number of nitrogens with two attached hydrogens (primary N) is 1. The van der Waals surface area contributed by atoms with Gasteiger partial charge in [-0.05, 0) is 48.2 Å². The van der Waals surface area contributed by atoms with E-state index in [1.54, 1.807) is 49.1 Å². The lowest BCUT2D eigenvalue weighted by Crippen LogP contribution is -2.26. The molecule has 0 unspecified atom stereocenters. The minimum absolute atomic E-state index is 0.281. The van der Waals surface area contributed by atoms with E-state index in [-0.39, 0.29) is 5.56 Å². The molecular weight excluding hydrogens is 519 g/mol. The minimum atomic E-state index is -4.75. The van der Waals surface area contributed by atoms with Crippen molar-refractivity contribution >= 4 is 33.9 Å². The van der Waals surface area contributed by atoms with E-state index in [0.717, 1.165) is 22.8 Å². The lowest BCUT2D eigenvalue weighted by molar-refractivity contribution is -0.137. The first-order valence-corrected chi connectivity index (χ1v) is 11.8. The van der Waals surface area contributed by atoms with Crippen LogP contribution in [0.2, 0.25) is 5.15 Å². The van der Waals surface area contributed by atoms with Crippen molar-refractivity contribution in [1.29, 1.82) is 0 Å². The molecule has 2 aromatic carbocycles. The summed E-state index contributed by atoms with van der Waals surface area (Å²) in [5, 5.41) is 7.38. The van der Waals surface area contributed by atoms with Gasteiger partial charge in [-0.15, -0.1) is 0 Å². The highest BCUT2D eigenvalue weighted by molar-refractivity contribution is 6.30. The van der Waals surface area contributed by atoms with Gasteiger partial charge in [-0.3, -0.25) is 14.0 Å². The van der Waals surface area contributed by atoms with Gasteiger partial charge in [0.15, 0.2) is 0 Å². The quantitative estimate of drug-likeness (QED) is 0.281. The molecule has 38 heavy (non-hydrogen) atoms. The van der Waals surface area contributed by atoms with Gasteiger partial charge in [-0.1, -0.05) is 29.8 Å². The second-order valence-corrected chi connectivity index (χ2v) is 9.09. The van der Waals surface area contributed by atoms with Crippen LogP contribution in [0.15, 0.2) is 72.0 Å². The fourth-order valence-electron chi connectivity index (χ4n) is 4.32. The molecule has 3 N–H and O–H groups in total. The maximum atomic E-state index is 13.9. The Morgan fingerprint density at radius 2 is 1.84 bits per heavy atom. The number of fused-ring (bicyclic) bond motifs is 1. The molecule has 0 saturated heterocycles. The van der Waals surface area contributed by atoms with Crippen LogP contribution < -0.4 is 16.6 Å². The molecule has 0 saturated carbocycles. The molecule has 3 heterocycles. The second-order valence-electron chi connectivity index (χ2n) is 8.73. The van der Waals surface area contributed by atoms with Crippen LogP contribution >= 0.6 is 11.6 Å². The van der Waals surface area contributed by atoms with Gasteiger partial charge in [0.05, 0.1) is 11.6 Å². The number of halogens is 4. The molecule has 0 amide bonds. The molecule has 0 aliphatic carbocycles. The highest BCUT2D eigenvalue weighted by Gasteiger charge is 2.38. The van der Waals surface area contributed by atoms with E-state index in [2.05, 4.69) is 20.4 Å². The number of benzene rings is 2. The van der Waals surface area contributed by atoms with Crippen LogP contribution in [0.5, 0.6) is 0 Å². The van der Waals surface area contributed by atoms with E-state index in [4.69, 9.17) is 17.3 Å². The number of pyridine rings is 1. The first kappa shape index (κ1) is 25.4. The molecule has 12 heteroatoms. The van der Waals surface area contributed by atoms with Crippen LogP contribution in [0.4, 0.5) is 24.7 Å². The maximum Gasteiger partial charge on any atom is 0.422 e. The SMILES string of the molecule is C[C@H](N)c1cc2cccc(-c3cnn(C)c3)c2c(=O)n1-c1ccc(Nc2ncnc(Cl)c2C(F)(F)F)cc1. The number of alkyl halides is 3. The molecule has 194 valence electrons. The van der Waals surface area contributed by atoms with Crippen molar-refractivity contribution in [2.24, 2.45) is 12.8 Å².